The Kier molecular flexibility index (Phi) is 5.41. The number of hydrazine groups is 1. The lowest BCUT2D eigenvalue weighted by Crippen LogP contribution is -2.47. The minimum absolute atomic E-state index is 0.0339. The molecule has 2 heterocycles. The number of para-hydroxylation sites is 2. The van der Waals surface area contributed by atoms with E-state index in [0.717, 1.165) is 28.3 Å². The molecular formula is C25H26N2O5. The van der Waals surface area contributed by atoms with E-state index in [9.17, 15) is 0 Å². The van der Waals surface area contributed by atoms with Crippen molar-refractivity contribution in [3.8, 4) is 28.7 Å². The summed E-state index contributed by atoms with van der Waals surface area (Å²) in [4.78, 5) is 0. The quantitative estimate of drug-likeness (QED) is 0.552. The lowest BCUT2D eigenvalue weighted by Gasteiger charge is -2.39. The van der Waals surface area contributed by atoms with Gasteiger partial charge in [0.25, 0.3) is 0 Å². The van der Waals surface area contributed by atoms with Crippen LogP contribution < -0.4 is 34.5 Å². The molecule has 2 aliphatic rings. The predicted molar refractivity (Wildman–Crippen MR) is 121 cm³/mol. The first-order chi connectivity index (χ1) is 15.7. The van der Waals surface area contributed by atoms with Crippen LogP contribution in [0.2, 0.25) is 0 Å². The fourth-order valence-electron chi connectivity index (χ4n) is 4.43. The Morgan fingerprint density at radius 2 is 1.62 bits per heavy atom. The summed E-state index contributed by atoms with van der Waals surface area (Å²) in [5.41, 5.74) is 9.61. The van der Waals surface area contributed by atoms with Gasteiger partial charge in [0.15, 0.2) is 29.2 Å². The van der Waals surface area contributed by atoms with Crippen LogP contribution in [0.25, 0.3) is 0 Å². The van der Waals surface area contributed by atoms with Crippen molar-refractivity contribution >= 4 is 5.69 Å². The predicted octanol–water partition coefficient (Wildman–Crippen LogP) is 4.54. The molecule has 0 amide bonds. The highest BCUT2D eigenvalue weighted by Gasteiger charge is 2.40. The van der Waals surface area contributed by atoms with E-state index >= 15 is 0 Å². The second-order valence-electron chi connectivity index (χ2n) is 7.84. The average molecular weight is 434 g/mol. The average Bonchev–Trinajstić information content (AvgIpc) is 3.29. The van der Waals surface area contributed by atoms with E-state index in [-0.39, 0.29) is 24.9 Å². The highest BCUT2D eigenvalue weighted by Crippen LogP contribution is 2.51. The van der Waals surface area contributed by atoms with Crippen molar-refractivity contribution in [3.63, 3.8) is 0 Å². The number of ether oxygens (including phenoxy) is 5. The number of benzene rings is 3. The van der Waals surface area contributed by atoms with Gasteiger partial charge in [0.05, 0.1) is 14.2 Å². The van der Waals surface area contributed by atoms with Crippen LogP contribution in [0.3, 0.4) is 0 Å². The van der Waals surface area contributed by atoms with Crippen molar-refractivity contribution in [2.24, 2.45) is 5.92 Å². The molecule has 0 saturated carbocycles. The molecule has 0 radical (unpaired) electrons. The van der Waals surface area contributed by atoms with Crippen molar-refractivity contribution in [2.45, 2.75) is 19.1 Å². The van der Waals surface area contributed by atoms with E-state index in [0.29, 0.717) is 17.2 Å². The minimum atomic E-state index is -0.316. The summed E-state index contributed by atoms with van der Waals surface area (Å²) in [5.74, 6) is 3.57. The second-order valence-corrected chi connectivity index (χ2v) is 7.84. The summed E-state index contributed by atoms with van der Waals surface area (Å²) in [6, 6.07) is 19.8. The summed E-state index contributed by atoms with van der Waals surface area (Å²) < 4.78 is 29.0. The Morgan fingerprint density at radius 3 is 2.38 bits per heavy atom. The van der Waals surface area contributed by atoms with E-state index in [1.54, 1.807) is 14.2 Å². The first-order valence-electron chi connectivity index (χ1n) is 10.6. The molecule has 2 aliphatic heterocycles. The molecule has 0 aliphatic carbocycles. The van der Waals surface area contributed by atoms with Gasteiger partial charge < -0.3 is 29.1 Å². The van der Waals surface area contributed by atoms with Crippen molar-refractivity contribution in [1.29, 1.82) is 0 Å². The highest BCUT2D eigenvalue weighted by atomic mass is 16.7. The van der Waals surface area contributed by atoms with Crippen LogP contribution >= 0.6 is 0 Å². The van der Waals surface area contributed by atoms with Crippen LogP contribution in [0, 0.1) is 5.92 Å². The zero-order valence-electron chi connectivity index (χ0n) is 18.3. The van der Waals surface area contributed by atoms with Crippen molar-refractivity contribution in [2.75, 3.05) is 26.4 Å². The van der Waals surface area contributed by atoms with Gasteiger partial charge in [0.1, 0.15) is 5.75 Å². The molecule has 166 valence electrons. The van der Waals surface area contributed by atoms with Crippen molar-refractivity contribution in [3.05, 3.63) is 71.8 Å². The molecular weight excluding hydrogens is 408 g/mol. The molecule has 3 unspecified atom stereocenters. The third-order valence-corrected chi connectivity index (χ3v) is 6.00. The summed E-state index contributed by atoms with van der Waals surface area (Å²) in [6.45, 7) is 2.36. The standard InChI is InChI=1S/C25H26N2O5/c1-15-23(17-10-7-11-19(28-2)24(17)29-3)18-12-21-22(31-14-30-21)13-20(18)32-25(15)27-26-16-8-5-4-6-9-16/h4-13,15,23,25-27H,14H2,1-3H3. The first-order valence-corrected chi connectivity index (χ1v) is 10.6. The van der Waals surface area contributed by atoms with E-state index in [2.05, 4.69) is 23.8 Å². The molecule has 0 fully saturated rings. The van der Waals surface area contributed by atoms with E-state index < -0.39 is 0 Å². The topological polar surface area (TPSA) is 70.2 Å². The molecule has 0 saturated heterocycles. The molecule has 3 aromatic carbocycles. The molecule has 0 spiro atoms. The molecule has 0 bridgehead atoms. The SMILES string of the molecule is COc1cccc(C2c3cc4c(cc3OC(NNc3ccccc3)C2C)OCO4)c1OC. The fraction of sp³-hybridized carbons (Fsp3) is 0.280. The number of hydrogen-bond donors (Lipinski definition) is 2. The normalized spacial score (nSPS) is 20.8. The van der Waals surface area contributed by atoms with Gasteiger partial charge in [-0.15, -0.1) is 0 Å². The minimum Gasteiger partial charge on any atom is -0.493 e. The lowest BCUT2D eigenvalue weighted by atomic mass is 9.78. The van der Waals surface area contributed by atoms with Crippen LogP contribution in [-0.2, 0) is 0 Å². The maximum absolute atomic E-state index is 6.39. The van der Waals surface area contributed by atoms with Gasteiger partial charge in [0.2, 0.25) is 6.79 Å². The Bertz CT molecular complexity index is 1100. The van der Waals surface area contributed by atoms with Crippen LogP contribution in [0.15, 0.2) is 60.7 Å². The van der Waals surface area contributed by atoms with Gasteiger partial charge in [-0.05, 0) is 24.3 Å². The van der Waals surface area contributed by atoms with Gasteiger partial charge in [-0.3, -0.25) is 0 Å². The molecule has 7 nitrogen and oxygen atoms in total. The van der Waals surface area contributed by atoms with Gasteiger partial charge >= 0.3 is 0 Å². The van der Waals surface area contributed by atoms with Crippen molar-refractivity contribution in [1.82, 2.24) is 5.43 Å². The number of methoxy groups -OCH3 is 2. The Morgan fingerprint density at radius 1 is 0.844 bits per heavy atom. The molecule has 2 N–H and O–H groups in total. The zero-order valence-corrected chi connectivity index (χ0v) is 18.3. The summed E-state index contributed by atoms with van der Waals surface area (Å²) in [7, 11) is 3.31. The van der Waals surface area contributed by atoms with E-state index in [1.165, 1.54) is 0 Å². The van der Waals surface area contributed by atoms with E-state index in [4.69, 9.17) is 23.7 Å². The second kappa shape index (κ2) is 8.51. The number of nitrogens with one attached hydrogen (secondary N) is 2. The Balaban J connectivity index is 1.57. The van der Waals surface area contributed by atoms with E-state index in [1.807, 2.05) is 54.6 Å². The monoisotopic (exact) mass is 434 g/mol. The van der Waals surface area contributed by atoms with Crippen LogP contribution in [0.1, 0.15) is 24.0 Å². The number of rotatable bonds is 6. The summed E-state index contributed by atoms with van der Waals surface area (Å²) >= 11 is 0. The molecule has 3 aromatic rings. The number of anilines is 1. The van der Waals surface area contributed by atoms with Crippen LogP contribution in [0.4, 0.5) is 5.69 Å². The molecule has 7 heteroatoms. The maximum atomic E-state index is 6.39. The number of hydrogen-bond acceptors (Lipinski definition) is 7. The van der Waals surface area contributed by atoms with Gasteiger partial charge in [0, 0.05) is 34.7 Å². The van der Waals surface area contributed by atoms with Gasteiger partial charge in [-0.25, -0.2) is 0 Å². The first kappa shape index (κ1) is 20.3. The van der Waals surface area contributed by atoms with Crippen LogP contribution in [0.5, 0.6) is 28.7 Å². The largest absolute Gasteiger partial charge is 0.493 e. The van der Waals surface area contributed by atoms with Crippen LogP contribution in [-0.4, -0.2) is 27.2 Å². The third kappa shape index (κ3) is 3.54. The maximum Gasteiger partial charge on any atom is 0.231 e. The Hall–Kier alpha value is -3.58. The van der Waals surface area contributed by atoms with Gasteiger partial charge in [-0.1, -0.05) is 37.3 Å². The Labute approximate surface area is 187 Å². The van der Waals surface area contributed by atoms with Crippen molar-refractivity contribution < 1.29 is 23.7 Å². The lowest BCUT2D eigenvalue weighted by molar-refractivity contribution is 0.0857. The molecule has 0 aromatic heterocycles. The zero-order chi connectivity index (χ0) is 22.1. The fourth-order valence-corrected chi connectivity index (χ4v) is 4.43. The third-order valence-electron chi connectivity index (χ3n) is 6.00. The summed E-state index contributed by atoms with van der Waals surface area (Å²) in [6.07, 6.45) is -0.316. The number of fused-ring (bicyclic) bond motifs is 2. The molecule has 5 rings (SSSR count). The molecule has 32 heavy (non-hydrogen) atoms. The smallest absolute Gasteiger partial charge is 0.231 e. The highest BCUT2D eigenvalue weighted by molar-refractivity contribution is 5.59. The molecule has 3 atom stereocenters. The summed E-state index contributed by atoms with van der Waals surface area (Å²) in [5, 5.41) is 0. The van der Waals surface area contributed by atoms with Gasteiger partial charge in [-0.2, -0.15) is 5.43 Å².